The van der Waals surface area contributed by atoms with Gasteiger partial charge in [-0.05, 0) is 30.3 Å². The number of anilines is 1. The second-order valence-electron chi connectivity index (χ2n) is 3.77. The van der Waals surface area contributed by atoms with E-state index in [9.17, 15) is 13.6 Å². The Kier molecular flexibility index (Phi) is 4.92. The maximum Gasteiger partial charge on any atom is 0.235 e. The van der Waals surface area contributed by atoms with Gasteiger partial charge in [0.05, 0.1) is 10.8 Å². The van der Waals surface area contributed by atoms with Crippen LogP contribution in [0.15, 0.2) is 41.4 Å². The molecule has 0 saturated heterocycles. The van der Waals surface area contributed by atoms with Crippen molar-refractivity contribution >= 4 is 35.1 Å². The number of amides is 1. The molecule has 0 radical (unpaired) electrons. The summed E-state index contributed by atoms with van der Waals surface area (Å²) < 4.78 is 25.7. The average molecular weight is 315 g/mol. The van der Waals surface area contributed by atoms with E-state index >= 15 is 0 Å². The number of carbonyl (C=O) groups excluding carboxylic acids is 1. The van der Waals surface area contributed by atoms with Gasteiger partial charge in [0.1, 0.15) is 5.82 Å². The van der Waals surface area contributed by atoms with Crippen molar-refractivity contribution in [3.05, 3.63) is 53.2 Å². The Hall–Kier alpha value is -1.66. The number of benzene rings is 1. The molecular formula is C13H9ClF2N2OS. The summed E-state index contributed by atoms with van der Waals surface area (Å²) in [5, 5.41) is 3.04. The Bertz CT molecular complexity index is 622. The summed E-state index contributed by atoms with van der Waals surface area (Å²) in [6, 6.07) is 6.66. The van der Waals surface area contributed by atoms with Gasteiger partial charge in [0.2, 0.25) is 5.91 Å². The van der Waals surface area contributed by atoms with E-state index in [4.69, 9.17) is 11.6 Å². The molecule has 0 saturated carbocycles. The second kappa shape index (κ2) is 6.67. The van der Waals surface area contributed by atoms with Gasteiger partial charge in [-0.2, -0.15) is 0 Å². The van der Waals surface area contributed by atoms with E-state index in [1.165, 1.54) is 12.3 Å². The Balaban J connectivity index is 1.88. The lowest BCUT2D eigenvalue weighted by atomic mass is 10.3. The first kappa shape index (κ1) is 14.7. The topological polar surface area (TPSA) is 42.0 Å². The highest BCUT2D eigenvalue weighted by Crippen LogP contribution is 2.20. The molecule has 2 rings (SSSR count). The minimum atomic E-state index is -0.935. The minimum Gasteiger partial charge on any atom is -0.310 e. The van der Waals surface area contributed by atoms with Crippen LogP contribution in [0.5, 0.6) is 0 Å². The number of carbonyl (C=O) groups is 1. The first-order valence-electron chi connectivity index (χ1n) is 5.54. The summed E-state index contributed by atoms with van der Waals surface area (Å²) in [6.07, 6.45) is 1.42. The quantitative estimate of drug-likeness (QED) is 0.874. The third kappa shape index (κ3) is 4.18. The zero-order valence-electron chi connectivity index (χ0n) is 10.1. The summed E-state index contributed by atoms with van der Waals surface area (Å²) in [6.45, 7) is 0. The summed E-state index contributed by atoms with van der Waals surface area (Å²) in [7, 11) is 0. The summed E-state index contributed by atoms with van der Waals surface area (Å²) >= 11 is 6.77. The third-order valence-electron chi connectivity index (χ3n) is 2.26. The number of thioether (sulfide) groups is 1. The second-order valence-corrected chi connectivity index (χ2v) is 5.26. The maximum absolute atomic E-state index is 13.0. The van der Waals surface area contributed by atoms with Gasteiger partial charge in [0, 0.05) is 11.1 Å². The molecule has 1 aromatic carbocycles. The molecule has 0 bridgehead atoms. The highest BCUT2D eigenvalue weighted by atomic mass is 35.5. The van der Waals surface area contributed by atoms with Crippen LogP contribution in [0, 0.1) is 11.6 Å². The van der Waals surface area contributed by atoms with Crippen molar-refractivity contribution in [3.8, 4) is 0 Å². The molecule has 2 aromatic rings. The molecule has 1 aromatic heterocycles. The van der Waals surface area contributed by atoms with Gasteiger partial charge < -0.3 is 5.32 Å². The SMILES string of the molecule is O=C(CSc1ccc(F)c(F)c1)Nc1ccc(Cl)cn1. The van der Waals surface area contributed by atoms with Crippen LogP contribution < -0.4 is 5.32 Å². The van der Waals surface area contributed by atoms with Gasteiger partial charge in [-0.3, -0.25) is 4.79 Å². The van der Waals surface area contributed by atoms with Crippen molar-refractivity contribution in [2.75, 3.05) is 11.1 Å². The van der Waals surface area contributed by atoms with Gasteiger partial charge >= 0.3 is 0 Å². The fourth-order valence-electron chi connectivity index (χ4n) is 1.34. The molecule has 20 heavy (non-hydrogen) atoms. The summed E-state index contributed by atoms with van der Waals surface area (Å²) in [4.78, 5) is 16.0. The molecule has 0 spiro atoms. The van der Waals surface area contributed by atoms with Crippen LogP contribution >= 0.6 is 23.4 Å². The van der Waals surface area contributed by atoms with Crippen LogP contribution in [0.2, 0.25) is 5.02 Å². The Morgan fingerprint density at radius 2 is 2.05 bits per heavy atom. The van der Waals surface area contributed by atoms with Crippen LogP contribution in [0.4, 0.5) is 14.6 Å². The molecule has 1 N–H and O–H groups in total. The maximum atomic E-state index is 13.0. The van der Waals surface area contributed by atoms with Gasteiger partial charge in [-0.25, -0.2) is 13.8 Å². The number of nitrogens with zero attached hydrogens (tertiary/aromatic N) is 1. The van der Waals surface area contributed by atoms with Crippen molar-refractivity contribution in [2.24, 2.45) is 0 Å². The normalized spacial score (nSPS) is 10.3. The van der Waals surface area contributed by atoms with E-state index in [0.29, 0.717) is 15.7 Å². The molecule has 104 valence electrons. The van der Waals surface area contributed by atoms with E-state index in [-0.39, 0.29) is 11.7 Å². The molecule has 3 nitrogen and oxygen atoms in total. The van der Waals surface area contributed by atoms with Crippen LogP contribution in [0.1, 0.15) is 0 Å². The lowest BCUT2D eigenvalue weighted by Gasteiger charge is -2.04. The van der Waals surface area contributed by atoms with Gasteiger partial charge in [0.15, 0.2) is 11.6 Å². The third-order valence-corrected chi connectivity index (χ3v) is 3.47. The first-order valence-corrected chi connectivity index (χ1v) is 6.90. The number of hydrogen-bond donors (Lipinski definition) is 1. The Labute approximate surface area is 123 Å². The number of hydrogen-bond acceptors (Lipinski definition) is 3. The largest absolute Gasteiger partial charge is 0.310 e. The summed E-state index contributed by atoms with van der Waals surface area (Å²) in [5.74, 6) is -1.70. The van der Waals surface area contributed by atoms with Gasteiger partial charge in [-0.1, -0.05) is 11.6 Å². The first-order chi connectivity index (χ1) is 9.54. The van der Waals surface area contributed by atoms with E-state index in [1.807, 2.05) is 0 Å². The van der Waals surface area contributed by atoms with E-state index in [2.05, 4.69) is 10.3 Å². The smallest absolute Gasteiger partial charge is 0.235 e. The molecule has 1 heterocycles. The Morgan fingerprint density at radius 3 is 2.70 bits per heavy atom. The van der Waals surface area contributed by atoms with Crippen molar-refractivity contribution in [2.45, 2.75) is 4.90 Å². The fourth-order valence-corrected chi connectivity index (χ4v) is 2.18. The molecule has 0 unspecified atom stereocenters. The van der Waals surface area contributed by atoms with E-state index in [0.717, 1.165) is 23.9 Å². The predicted molar refractivity (Wildman–Crippen MR) is 75.0 cm³/mol. The van der Waals surface area contributed by atoms with E-state index < -0.39 is 11.6 Å². The molecular weight excluding hydrogens is 306 g/mol. The van der Waals surface area contributed by atoms with Crippen molar-refractivity contribution in [3.63, 3.8) is 0 Å². The van der Waals surface area contributed by atoms with Crippen LogP contribution in [0.3, 0.4) is 0 Å². The Morgan fingerprint density at radius 1 is 1.25 bits per heavy atom. The van der Waals surface area contributed by atoms with Crippen LogP contribution in [-0.4, -0.2) is 16.6 Å². The molecule has 0 aliphatic heterocycles. The highest BCUT2D eigenvalue weighted by molar-refractivity contribution is 8.00. The number of rotatable bonds is 4. The predicted octanol–water partition coefficient (Wildman–Crippen LogP) is 3.74. The van der Waals surface area contributed by atoms with Crippen LogP contribution in [-0.2, 0) is 4.79 Å². The molecule has 0 fully saturated rings. The number of nitrogens with one attached hydrogen (secondary N) is 1. The zero-order valence-corrected chi connectivity index (χ0v) is 11.6. The lowest BCUT2D eigenvalue weighted by Crippen LogP contribution is -2.14. The fraction of sp³-hybridized carbons (Fsp3) is 0.0769. The highest BCUT2D eigenvalue weighted by Gasteiger charge is 2.07. The molecule has 0 aliphatic carbocycles. The molecule has 1 amide bonds. The van der Waals surface area contributed by atoms with Gasteiger partial charge in [0.25, 0.3) is 0 Å². The number of halogens is 3. The standard InChI is InChI=1S/C13H9ClF2N2OS/c14-8-1-4-12(17-6-8)18-13(19)7-20-9-2-3-10(15)11(16)5-9/h1-6H,7H2,(H,17,18,19). The van der Waals surface area contributed by atoms with Crippen molar-refractivity contribution < 1.29 is 13.6 Å². The lowest BCUT2D eigenvalue weighted by molar-refractivity contribution is -0.113. The summed E-state index contributed by atoms with van der Waals surface area (Å²) in [5.41, 5.74) is 0. The monoisotopic (exact) mass is 314 g/mol. The van der Waals surface area contributed by atoms with Crippen molar-refractivity contribution in [1.29, 1.82) is 0 Å². The van der Waals surface area contributed by atoms with Crippen molar-refractivity contribution in [1.82, 2.24) is 4.98 Å². The van der Waals surface area contributed by atoms with E-state index in [1.54, 1.807) is 12.1 Å². The molecule has 0 atom stereocenters. The number of pyridine rings is 1. The van der Waals surface area contributed by atoms with Crippen LogP contribution in [0.25, 0.3) is 0 Å². The minimum absolute atomic E-state index is 0.0649. The molecule has 7 heteroatoms. The van der Waals surface area contributed by atoms with Gasteiger partial charge in [-0.15, -0.1) is 11.8 Å². The average Bonchev–Trinajstić information content (AvgIpc) is 2.43. The number of aromatic nitrogens is 1. The zero-order chi connectivity index (χ0) is 14.5. The molecule has 0 aliphatic rings.